The topological polar surface area (TPSA) is 69.2 Å². The third kappa shape index (κ3) is 3.04. The Labute approximate surface area is 86.0 Å². The Balaban J connectivity index is 3.08. The van der Waals surface area contributed by atoms with Gasteiger partial charge in [-0.2, -0.15) is 0 Å². The van der Waals surface area contributed by atoms with Crippen molar-refractivity contribution >= 4 is 5.69 Å². The average molecular weight is 208 g/mol. The zero-order valence-electron chi connectivity index (χ0n) is 7.87. The second kappa shape index (κ2) is 5.08. The van der Waals surface area contributed by atoms with Crippen LogP contribution >= 0.6 is 0 Å². The maximum Gasteiger partial charge on any atom is 0.287 e. The molecule has 0 aliphatic rings. The summed E-state index contributed by atoms with van der Waals surface area (Å²) in [5.74, 6) is 4.60. The quantitative estimate of drug-likeness (QED) is 0.454. The molecule has 0 aromatic heterocycles. The fraction of sp³-hybridized carbons (Fsp3) is 0.200. The lowest BCUT2D eigenvalue weighted by Gasteiger charge is -1.95. The normalized spacial score (nSPS) is 9.20. The maximum absolute atomic E-state index is 12.7. The third-order valence-electron chi connectivity index (χ3n) is 1.65. The van der Waals surface area contributed by atoms with E-state index in [1.165, 1.54) is 6.07 Å². The average Bonchev–Trinajstić information content (AvgIpc) is 2.20. The molecule has 0 atom stereocenters. The third-order valence-corrected chi connectivity index (χ3v) is 1.65. The van der Waals surface area contributed by atoms with Crippen LogP contribution in [0.15, 0.2) is 18.2 Å². The molecule has 1 aromatic rings. The molecule has 78 valence electrons. The molecule has 2 N–H and O–H groups in total. The van der Waals surface area contributed by atoms with Crippen molar-refractivity contribution in [1.29, 1.82) is 0 Å². The standard InChI is InChI=1S/C10H9FN2O2/c11-9-5-4-8(3-1-2-6-12)10(7-9)13(14)15/h4-5,7H,2,6,12H2. The maximum atomic E-state index is 12.7. The number of benzene rings is 1. The number of nitro groups is 1. The monoisotopic (exact) mass is 208 g/mol. The van der Waals surface area contributed by atoms with Crippen molar-refractivity contribution in [2.45, 2.75) is 6.42 Å². The predicted octanol–water partition coefficient (Wildman–Crippen LogP) is 1.43. The Morgan fingerprint density at radius 2 is 2.27 bits per heavy atom. The van der Waals surface area contributed by atoms with E-state index in [-0.39, 0.29) is 11.3 Å². The number of nitrogens with zero attached hydrogens (tertiary/aromatic N) is 1. The number of nitro benzene ring substituents is 1. The summed E-state index contributed by atoms with van der Waals surface area (Å²) in [4.78, 5) is 9.90. The molecule has 0 spiro atoms. The first-order valence-electron chi connectivity index (χ1n) is 4.28. The van der Waals surface area contributed by atoms with E-state index in [0.29, 0.717) is 13.0 Å². The first kappa shape index (κ1) is 11.1. The minimum absolute atomic E-state index is 0.204. The van der Waals surface area contributed by atoms with Crippen molar-refractivity contribution in [3.63, 3.8) is 0 Å². The van der Waals surface area contributed by atoms with Gasteiger partial charge in [-0.05, 0) is 12.1 Å². The fourth-order valence-corrected chi connectivity index (χ4v) is 0.991. The van der Waals surface area contributed by atoms with Gasteiger partial charge in [0.05, 0.1) is 11.0 Å². The van der Waals surface area contributed by atoms with Crippen molar-refractivity contribution in [3.8, 4) is 11.8 Å². The summed E-state index contributed by atoms with van der Waals surface area (Å²) in [6, 6.07) is 3.28. The van der Waals surface area contributed by atoms with Crippen LogP contribution in [0.2, 0.25) is 0 Å². The van der Waals surface area contributed by atoms with Crippen LogP contribution in [-0.2, 0) is 0 Å². The van der Waals surface area contributed by atoms with E-state index in [1.54, 1.807) is 0 Å². The molecule has 0 saturated heterocycles. The Kier molecular flexibility index (Phi) is 3.77. The van der Waals surface area contributed by atoms with Crippen molar-refractivity contribution in [2.75, 3.05) is 6.54 Å². The zero-order valence-corrected chi connectivity index (χ0v) is 7.87. The van der Waals surface area contributed by atoms with Gasteiger partial charge in [0.1, 0.15) is 11.4 Å². The minimum atomic E-state index is -0.657. The number of hydrogen-bond acceptors (Lipinski definition) is 3. The van der Waals surface area contributed by atoms with E-state index in [0.717, 1.165) is 12.1 Å². The minimum Gasteiger partial charge on any atom is -0.330 e. The van der Waals surface area contributed by atoms with E-state index in [9.17, 15) is 14.5 Å². The second-order valence-corrected chi connectivity index (χ2v) is 2.76. The molecule has 0 aliphatic heterocycles. The van der Waals surface area contributed by atoms with Gasteiger partial charge in [-0.3, -0.25) is 10.1 Å². The number of rotatable bonds is 2. The van der Waals surface area contributed by atoms with Crippen molar-refractivity contribution in [2.24, 2.45) is 5.73 Å². The van der Waals surface area contributed by atoms with Crippen molar-refractivity contribution in [1.82, 2.24) is 0 Å². The molecule has 1 aromatic carbocycles. The molecular formula is C10H9FN2O2. The molecule has 0 amide bonds. The van der Waals surface area contributed by atoms with Gasteiger partial charge >= 0.3 is 0 Å². The van der Waals surface area contributed by atoms with Gasteiger partial charge < -0.3 is 5.73 Å². The van der Waals surface area contributed by atoms with Crippen molar-refractivity contribution < 1.29 is 9.31 Å². The SMILES string of the molecule is NCCC#Cc1ccc(F)cc1[N+](=O)[O-]. The summed E-state index contributed by atoms with van der Waals surface area (Å²) in [5.41, 5.74) is 5.10. The van der Waals surface area contributed by atoms with Crippen LogP contribution in [0.1, 0.15) is 12.0 Å². The highest BCUT2D eigenvalue weighted by molar-refractivity contribution is 5.50. The van der Waals surface area contributed by atoms with E-state index in [2.05, 4.69) is 11.8 Å². The van der Waals surface area contributed by atoms with E-state index in [4.69, 9.17) is 5.73 Å². The summed E-state index contributed by atoms with van der Waals surface area (Å²) in [5, 5.41) is 10.6. The molecule has 0 saturated carbocycles. The molecular weight excluding hydrogens is 199 g/mol. The summed E-state index contributed by atoms with van der Waals surface area (Å²) in [7, 11) is 0. The Bertz CT molecular complexity index is 435. The second-order valence-electron chi connectivity index (χ2n) is 2.76. The Morgan fingerprint density at radius 1 is 1.53 bits per heavy atom. The molecule has 0 aliphatic carbocycles. The van der Waals surface area contributed by atoms with Gasteiger partial charge in [-0.15, -0.1) is 0 Å². The first-order valence-corrected chi connectivity index (χ1v) is 4.28. The summed E-state index contributed by atoms with van der Waals surface area (Å²) in [6.07, 6.45) is 0.453. The Morgan fingerprint density at radius 3 is 2.87 bits per heavy atom. The highest BCUT2D eigenvalue weighted by Crippen LogP contribution is 2.18. The van der Waals surface area contributed by atoms with Crippen LogP contribution in [0, 0.1) is 27.8 Å². The lowest BCUT2D eigenvalue weighted by Crippen LogP contribution is -1.96. The van der Waals surface area contributed by atoms with Crippen LogP contribution in [0.4, 0.5) is 10.1 Å². The van der Waals surface area contributed by atoms with E-state index < -0.39 is 10.7 Å². The molecule has 0 unspecified atom stereocenters. The molecule has 0 bridgehead atoms. The van der Waals surface area contributed by atoms with Crippen LogP contribution in [0.25, 0.3) is 0 Å². The van der Waals surface area contributed by atoms with Crippen LogP contribution in [-0.4, -0.2) is 11.5 Å². The lowest BCUT2D eigenvalue weighted by molar-refractivity contribution is -0.385. The van der Waals surface area contributed by atoms with Gasteiger partial charge in [-0.1, -0.05) is 11.8 Å². The van der Waals surface area contributed by atoms with Gasteiger partial charge in [0, 0.05) is 13.0 Å². The number of halogens is 1. The van der Waals surface area contributed by atoms with Crippen LogP contribution < -0.4 is 5.73 Å². The van der Waals surface area contributed by atoms with Gasteiger partial charge in [0.15, 0.2) is 0 Å². The molecule has 1 rings (SSSR count). The summed E-state index contributed by atoms with van der Waals surface area (Å²) in [6.45, 7) is 0.391. The highest BCUT2D eigenvalue weighted by Gasteiger charge is 2.12. The molecule has 0 heterocycles. The largest absolute Gasteiger partial charge is 0.330 e. The molecule has 0 fully saturated rings. The lowest BCUT2D eigenvalue weighted by atomic mass is 10.2. The van der Waals surface area contributed by atoms with Gasteiger partial charge in [0.25, 0.3) is 5.69 Å². The summed E-state index contributed by atoms with van der Waals surface area (Å²) < 4.78 is 12.7. The molecule has 0 radical (unpaired) electrons. The van der Waals surface area contributed by atoms with E-state index >= 15 is 0 Å². The number of hydrogen-bond donors (Lipinski definition) is 1. The molecule has 5 heteroatoms. The molecule has 4 nitrogen and oxygen atoms in total. The van der Waals surface area contributed by atoms with Gasteiger partial charge in [-0.25, -0.2) is 4.39 Å². The van der Waals surface area contributed by atoms with E-state index in [1.807, 2.05) is 0 Å². The van der Waals surface area contributed by atoms with Gasteiger partial charge in [0.2, 0.25) is 0 Å². The van der Waals surface area contributed by atoms with Crippen molar-refractivity contribution in [3.05, 3.63) is 39.7 Å². The Hall–Kier alpha value is -1.93. The zero-order chi connectivity index (χ0) is 11.3. The predicted molar refractivity (Wildman–Crippen MR) is 53.6 cm³/mol. The highest BCUT2D eigenvalue weighted by atomic mass is 19.1. The molecule has 15 heavy (non-hydrogen) atoms. The summed E-state index contributed by atoms with van der Waals surface area (Å²) >= 11 is 0. The first-order chi connectivity index (χ1) is 7.15. The number of nitrogens with two attached hydrogens (primary N) is 1. The van der Waals surface area contributed by atoms with Crippen LogP contribution in [0.3, 0.4) is 0 Å². The van der Waals surface area contributed by atoms with Crippen LogP contribution in [0.5, 0.6) is 0 Å². The smallest absolute Gasteiger partial charge is 0.287 e. The fourth-order valence-electron chi connectivity index (χ4n) is 0.991.